The molecule has 3 rings (SSSR count). The fourth-order valence-electron chi connectivity index (χ4n) is 2.63. The minimum absolute atomic E-state index is 0.0200. The molecule has 1 saturated heterocycles. The lowest BCUT2D eigenvalue weighted by atomic mass is 10.3. The Morgan fingerprint density at radius 1 is 1.17 bits per heavy atom. The largest absolute Gasteiger partial charge is 0.494 e. The van der Waals surface area contributed by atoms with Crippen LogP contribution in [0.1, 0.15) is 17.4 Å². The van der Waals surface area contributed by atoms with Gasteiger partial charge in [-0.2, -0.15) is 0 Å². The molecule has 0 amide bonds. The number of carboxylic acids is 1. The van der Waals surface area contributed by atoms with Crippen LogP contribution in [0.15, 0.2) is 24.3 Å². The van der Waals surface area contributed by atoms with E-state index in [0.29, 0.717) is 18.1 Å². The van der Waals surface area contributed by atoms with Gasteiger partial charge < -0.3 is 19.6 Å². The SMILES string of the molecule is CCOc1ccc(-n2nc(C(=O)O)c(N3CCN(C)CC3)n2)cc1. The molecule has 2 aromatic rings. The van der Waals surface area contributed by atoms with Crippen molar-refractivity contribution >= 4 is 11.8 Å². The van der Waals surface area contributed by atoms with Gasteiger partial charge in [-0.3, -0.25) is 0 Å². The zero-order chi connectivity index (χ0) is 17.1. The Bertz CT molecular complexity index is 705. The summed E-state index contributed by atoms with van der Waals surface area (Å²) in [6.45, 7) is 5.72. The number of aromatic nitrogens is 3. The van der Waals surface area contributed by atoms with E-state index in [2.05, 4.69) is 15.1 Å². The molecule has 0 radical (unpaired) electrons. The summed E-state index contributed by atoms with van der Waals surface area (Å²) in [4.78, 5) is 17.1. The Balaban J connectivity index is 1.89. The molecule has 8 nitrogen and oxygen atoms in total. The first-order valence-electron chi connectivity index (χ1n) is 7.96. The zero-order valence-corrected chi connectivity index (χ0v) is 13.8. The molecular formula is C16H21N5O3. The van der Waals surface area contributed by atoms with Crippen LogP contribution < -0.4 is 9.64 Å². The van der Waals surface area contributed by atoms with Gasteiger partial charge in [-0.1, -0.05) is 0 Å². The predicted octanol–water partition coefficient (Wildman–Crippen LogP) is 1.12. The molecule has 0 bridgehead atoms. The van der Waals surface area contributed by atoms with Gasteiger partial charge in [0.05, 0.1) is 12.3 Å². The Labute approximate surface area is 140 Å². The van der Waals surface area contributed by atoms with Crippen LogP contribution in [0.25, 0.3) is 5.69 Å². The summed E-state index contributed by atoms with van der Waals surface area (Å²) in [5.74, 6) is 0.108. The molecule has 1 aliphatic heterocycles. The van der Waals surface area contributed by atoms with Gasteiger partial charge in [0.1, 0.15) is 5.75 Å². The Hall–Kier alpha value is -2.61. The predicted molar refractivity (Wildman–Crippen MR) is 89.2 cm³/mol. The molecule has 0 spiro atoms. The van der Waals surface area contributed by atoms with E-state index in [9.17, 15) is 9.90 Å². The number of ether oxygens (including phenoxy) is 1. The van der Waals surface area contributed by atoms with Gasteiger partial charge in [0.2, 0.25) is 5.69 Å². The van der Waals surface area contributed by atoms with E-state index in [1.165, 1.54) is 4.80 Å². The van der Waals surface area contributed by atoms with E-state index in [1.807, 2.05) is 43.1 Å². The van der Waals surface area contributed by atoms with Crippen LogP contribution in [0, 0.1) is 0 Å². The number of hydrogen-bond donors (Lipinski definition) is 1. The van der Waals surface area contributed by atoms with E-state index < -0.39 is 5.97 Å². The number of likely N-dealkylation sites (N-methyl/N-ethyl adjacent to an activating group) is 1. The molecule has 2 heterocycles. The molecule has 1 N–H and O–H groups in total. The smallest absolute Gasteiger partial charge is 0.360 e. The van der Waals surface area contributed by atoms with Crippen LogP contribution >= 0.6 is 0 Å². The molecule has 128 valence electrons. The van der Waals surface area contributed by atoms with Gasteiger partial charge in [-0.15, -0.1) is 15.0 Å². The fraction of sp³-hybridized carbons (Fsp3) is 0.438. The Kier molecular flexibility index (Phi) is 4.66. The third-order valence-corrected chi connectivity index (χ3v) is 3.98. The summed E-state index contributed by atoms with van der Waals surface area (Å²) in [6, 6.07) is 7.26. The van der Waals surface area contributed by atoms with Crippen molar-refractivity contribution in [1.29, 1.82) is 0 Å². The van der Waals surface area contributed by atoms with Gasteiger partial charge >= 0.3 is 5.97 Å². The van der Waals surface area contributed by atoms with Crippen molar-refractivity contribution in [2.75, 3.05) is 44.7 Å². The highest BCUT2D eigenvalue weighted by molar-refractivity contribution is 5.91. The van der Waals surface area contributed by atoms with Gasteiger partial charge in [0.15, 0.2) is 5.82 Å². The monoisotopic (exact) mass is 331 g/mol. The highest BCUT2D eigenvalue weighted by atomic mass is 16.5. The maximum absolute atomic E-state index is 11.5. The molecule has 1 aliphatic rings. The highest BCUT2D eigenvalue weighted by Gasteiger charge is 2.25. The van der Waals surface area contributed by atoms with Gasteiger partial charge in [0.25, 0.3) is 0 Å². The fourth-order valence-corrected chi connectivity index (χ4v) is 2.63. The molecule has 1 fully saturated rings. The lowest BCUT2D eigenvalue weighted by Gasteiger charge is -2.32. The molecule has 0 unspecified atom stereocenters. The molecule has 8 heteroatoms. The molecule has 1 aromatic carbocycles. The summed E-state index contributed by atoms with van der Waals surface area (Å²) < 4.78 is 5.41. The number of hydrogen-bond acceptors (Lipinski definition) is 6. The van der Waals surface area contributed by atoms with Crippen LogP contribution in [-0.4, -0.2) is 70.8 Å². The number of carboxylic acid groups (broad SMARTS) is 1. The number of rotatable bonds is 5. The topological polar surface area (TPSA) is 83.7 Å². The van der Waals surface area contributed by atoms with E-state index in [4.69, 9.17) is 4.74 Å². The first kappa shape index (κ1) is 16.3. The third kappa shape index (κ3) is 3.33. The van der Waals surface area contributed by atoms with E-state index >= 15 is 0 Å². The maximum atomic E-state index is 11.5. The number of aromatic carboxylic acids is 1. The number of carbonyl (C=O) groups is 1. The highest BCUT2D eigenvalue weighted by Crippen LogP contribution is 2.21. The van der Waals surface area contributed by atoms with Crippen molar-refractivity contribution in [3.05, 3.63) is 30.0 Å². The Morgan fingerprint density at radius 2 is 1.83 bits per heavy atom. The second kappa shape index (κ2) is 6.88. The minimum atomic E-state index is -1.07. The lowest BCUT2D eigenvalue weighted by molar-refractivity contribution is 0.0690. The maximum Gasteiger partial charge on any atom is 0.360 e. The van der Waals surface area contributed by atoms with E-state index in [1.54, 1.807) is 0 Å². The Morgan fingerprint density at radius 3 is 2.42 bits per heavy atom. The molecule has 24 heavy (non-hydrogen) atoms. The number of anilines is 1. The van der Waals surface area contributed by atoms with Gasteiger partial charge in [-0.25, -0.2) is 4.79 Å². The summed E-state index contributed by atoms with van der Waals surface area (Å²) in [5, 5.41) is 18.0. The number of piperazine rings is 1. The van der Waals surface area contributed by atoms with Crippen LogP contribution in [-0.2, 0) is 0 Å². The molecule has 0 saturated carbocycles. The second-order valence-electron chi connectivity index (χ2n) is 5.68. The summed E-state index contributed by atoms with van der Waals surface area (Å²) in [7, 11) is 2.05. The van der Waals surface area contributed by atoms with Crippen molar-refractivity contribution in [2.45, 2.75) is 6.92 Å². The second-order valence-corrected chi connectivity index (χ2v) is 5.68. The normalized spacial score (nSPS) is 15.5. The standard InChI is InChI=1S/C16H21N5O3/c1-3-24-13-6-4-12(5-7-13)21-17-14(16(22)23)15(18-21)20-10-8-19(2)9-11-20/h4-7H,3,8-11H2,1-2H3,(H,22,23). The quantitative estimate of drug-likeness (QED) is 0.879. The van der Waals surface area contributed by atoms with Gasteiger partial charge in [-0.05, 0) is 38.2 Å². The third-order valence-electron chi connectivity index (χ3n) is 3.98. The number of nitrogens with zero attached hydrogens (tertiary/aromatic N) is 5. The van der Waals surface area contributed by atoms with Crippen molar-refractivity contribution in [3.63, 3.8) is 0 Å². The van der Waals surface area contributed by atoms with Crippen LogP contribution in [0.5, 0.6) is 5.75 Å². The van der Waals surface area contributed by atoms with Gasteiger partial charge in [0, 0.05) is 26.2 Å². The van der Waals surface area contributed by atoms with Crippen molar-refractivity contribution in [1.82, 2.24) is 19.9 Å². The molecule has 1 aromatic heterocycles. The van der Waals surface area contributed by atoms with Crippen molar-refractivity contribution in [3.8, 4) is 11.4 Å². The van der Waals surface area contributed by atoms with E-state index in [-0.39, 0.29) is 5.69 Å². The van der Waals surface area contributed by atoms with Crippen molar-refractivity contribution in [2.24, 2.45) is 0 Å². The average molecular weight is 331 g/mol. The average Bonchev–Trinajstić information content (AvgIpc) is 3.02. The van der Waals surface area contributed by atoms with Crippen LogP contribution in [0.4, 0.5) is 5.82 Å². The summed E-state index contributed by atoms with van der Waals surface area (Å²) >= 11 is 0. The first-order chi connectivity index (χ1) is 11.6. The van der Waals surface area contributed by atoms with Crippen LogP contribution in [0.2, 0.25) is 0 Å². The molecule has 0 aliphatic carbocycles. The minimum Gasteiger partial charge on any atom is -0.494 e. The molecular weight excluding hydrogens is 310 g/mol. The number of benzene rings is 1. The van der Waals surface area contributed by atoms with E-state index in [0.717, 1.165) is 31.9 Å². The summed E-state index contributed by atoms with van der Waals surface area (Å²) in [5.41, 5.74) is 0.676. The lowest BCUT2D eigenvalue weighted by Crippen LogP contribution is -2.45. The first-order valence-corrected chi connectivity index (χ1v) is 7.96. The van der Waals surface area contributed by atoms with Crippen molar-refractivity contribution < 1.29 is 14.6 Å². The zero-order valence-electron chi connectivity index (χ0n) is 13.8. The molecule has 0 atom stereocenters. The van der Waals surface area contributed by atoms with Crippen LogP contribution in [0.3, 0.4) is 0 Å². The summed E-state index contributed by atoms with van der Waals surface area (Å²) in [6.07, 6.45) is 0.